The molecule has 4 nitrogen and oxygen atoms in total. The number of rotatable bonds is 8. The highest BCUT2D eigenvalue weighted by Crippen LogP contribution is 2.29. The molecule has 1 aromatic heterocycles. The van der Waals surface area contributed by atoms with Gasteiger partial charge in [-0.3, -0.25) is 9.59 Å². The summed E-state index contributed by atoms with van der Waals surface area (Å²) in [5, 5.41) is 8.03. The topological polar surface area (TPSA) is 59.9 Å². The normalized spacial score (nSPS) is 10.7. The Kier molecular flexibility index (Phi) is 6.54. The third kappa shape index (κ3) is 5.00. The molecule has 0 amide bonds. The van der Waals surface area contributed by atoms with Crippen molar-refractivity contribution < 1.29 is 14.0 Å². The highest BCUT2D eigenvalue weighted by atomic mass is 32.2. The summed E-state index contributed by atoms with van der Waals surface area (Å²) >= 11 is 3.85. The molecule has 3 rings (SSSR count). The van der Waals surface area contributed by atoms with Gasteiger partial charge in [-0.15, -0.1) is 10.2 Å². The van der Waals surface area contributed by atoms with Crippen LogP contribution < -0.4 is 0 Å². The van der Waals surface area contributed by atoms with E-state index in [9.17, 15) is 14.0 Å². The van der Waals surface area contributed by atoms with Crippen LogP contribution in [0.1, 0.15) is 20.7 Å². The van der Waals surface area contributed by atoms with Gasteiger partial charge in [-0.2, -0.15) is 0 Å². The Morgan fingerprint density at radius 2 is 1.42 bits per heavy atom. The molecule has 0 spiro atoms. The summed E-state index contributed by atoms with van der Waals surface area (Å²) in [5.41, 5.74) is 0.738. The molecule has 0 radical (unpaired) electrons. The van der Waals surface area contributed by atoms with Gasteiger partial charge in [-0.1, -0.05) is 77.3 Å². The van der Waals surface area contributed by atoms with Crippen LogP contribution in [0.15, 0.2) is 63.3 Å². The summed E-state index contributed by atoms with van der Waals surface area (Å²) in [4.78, 5) is 24.1. The van der Waals surface area contributed by atoms with E-state index in [1.807, 2.05) is 18.2 Å². The van der Waals surface area contributed by atoms with Gasteiger partial charge >= 0.3 is 0 Å². The molecular weight excluding hydrogens is 391 g/mol. The summed E-state index contributed by atoms with van der Waals surface area (Å²) in [6.45, 7) is 0. The van der Waals surface area contributed by atoms with Crippen LogP contribution in [-0.2, 0) is 0 Å². The van der Waals surface area contributed by atoms with E-state index in [0.29, 0.717) is 14.2 Å². The lowest BCUT2D eigenvalue weighted by atomic mass is 10.1. The number of carbonyl (C=O) groups excluding carboxylic acids is 2. The molecule has 0 saturated carbocycles. The summed E-state index contributed by atoms with van der Waals surface area (Å²) in [6.07, 6.45) is 0. The van der Waals surface area contributed by atoms with E-state index in [4.69, 9.17) is 0 Å². The number of aromatic nitrogens is 2. The number of halogens is 1. The highest BCUT2D eigenvalue weighted by molar-refractivity contribution is 8.03. The fourth-order valence-corrected chi connectivity index (χ4v) is 4.84. The van der Waals surface area contributed by atoms with Gasteiger partial charge in [0, 0.05) is 5.56 Å². The maximum atomic E-state index is 13.6. The van der Waals surface area contributed by atoms with Crippen LogP contribution in [0, 0.1) is 5.82 Å². The first-order valence-electron chi connectivity index (χ1n) is 7.58. The Hall–Kier alpha value is -2.03. The van der Waals surface area contributed by atoms with Gasteiger partial charge in [0.1, 0.15) is 5.82 Å². The van der Waals surface area contributed by atoms with Crippen molar-refractivity contribution in [3.05, 3.63) is 71.5 Å². The van der Waals surface area contributed by atoms with Crippen molar-refractivity contribution in [2.24, 2.45) is 0 Å². The molecule has 26 heavy (non-hydrogen) atoms. The lowest BCUT2D eigenvalue weighted by molar-refractivity contribution is 0.101. The van der Waals surface area contributed by atoms with E-state index in [1.54, 1.807) is 24.3 Å². The molecule has 0 aliphatic heterocycles. The minimum atomic E-state index is -0.522. The first-order valence-corrected chi connectivity index (χ1v) is 10.4. The largest absolute Gasteiger partial charge is 0.293 e. The summed E-state index contributed by atoms with van der Waals surface area (Å²) in [7, 11) is 0. The molecule has 2 aromatic carbocycles. The molecule has 8 heteroatoms. The second-order valence-corrected chi connectivity index (χ2v) is 8.53. The number of thioether (sulfide) groups is 2. The van der Waals surface area contributed by atoms with E-state index in [0.717, 1.165) is 0 Å². The average Bonchev–Trinajstić information content (AvgIpc) is 3.13. The van der Waals surface area contributed by atoms with Gasteiger partial charge in [-0.05, 0) is 12.1 Å². The Bertz CT molecular complexity index is 916. The third-order valence-corrected chi connectivity index (χ3v) is 6.50. The standard InChI is InChI=1S/C18H13FN2O2S3/c19-14-9-5-4-8-13(14)16(23)11-25-18-21-20-17(26-18)24-10-15(22)12-6-2-1-3-7-12/h1-9H,10-11H2. The van der Waals surface area contributed by atoms with E-state index in [1.165, 1.54) is 47.0 Å². The van der Waals surface area contributed by atoms with Gasteiger partial charge in [0.05, 0.1) is 17.1 Å². The van der Waals surface area contributed by atoms with Crippen LogP contribution in [0.5, 0.6) is 0 Å². The maximum absolute atomic E-state index is 13.6. The number of ketones is 2. The third-order valence-electron chi connectivity index (χ3n) is 3.31. The zero-order valence-electron chi connectivity index (χ0n) is 13.4. The van der Waals surface area contributed by atoms with Gasteiger partial charge in [0.25, 0.3) is 0 Å². The van der Waals surface area contributed by atoms with E-state index in [-0.39, 0.29) is 28.6 Å². The van der Waals surface area contributed by atoms with E-state index < -0.39 is 5.82 Å². The van der Waals surface area contributed by atoms with Crippen LogP contribution in [0.2, 0.25) is 0 Å². The predicted molar refractivity (Wildman–Crippen MR) is 103 cm³/mol. The van der Waals surface area contributed by atoms with E-state index in [2.05, 4.69) is 10.2 Å². The van der Waals surface area contributed by atoms with Crippen LogP contribution in [0.25, 0.3) is 0 Å². The first kappa shape index (κ1) is 18.8. The molecule has 0 unspecified atom stereocenters. The molecule has 132 valence electrons. The summed E-state index contributed by atoms with van der Waals surface area (Å²) < 4.78 is 14.9. The Morgan fingerprint density at radius 1 is 0.846 bits per heavy atom. The lowest BCUT2D eigenvalue weighted by Crippen LogP contribution is -2.04. The van der Waals surface area contributed by atoms with Gasteiger partial charge in [0.2, 0.25) is 0 Å². The quantitative estimate of drug-likeness (QED) is 0.403. The molecule has 0 N–H and O–H groups in total. The van der Waals surface area contributed by atoms with Gasteiger partial charge in [0.15, 0.2) is 20.2 Å². The van der Waals surface area contributed by atoms with Crippen molar-refractivity contribution in [3.63, 3.8) is 0 Å². The second-order valence-electron chi connectivity index (χ2n) is 5.10. The Labute approximate surface area is 162 Å². The minimum Gasteiger partial charge on any atom is -0.293 e. The molecule has 1 heterocycles. The Balaban J connectivity index is 1.51. The number of nitrogens with zero attached hydrogens (tertiary/aromatic N) is 2. The predicted octanol–water partition coefficient (Wildman–Crippen LogP) is 4.63. The summed E-state index contributed by atoms with van der Waals surface area (Å²) in [5.74, 6) is -0.432. The molecule has 0 atom stereocenters. The van der Waals surface area contributed by atoms with Crippen molar-refractivity contribution in [1.29, 1.82) is 0 Å². The molecular formula is C18H13FN2O2S3. The van der Waals surface area contributed by atoms with Crippen molar-refractivity contribution in [2.75, 3.05) is 11.5 Å². The number of hydrogen-bond acceptors (Lipinski definition) is 7. The van der Waals surface area contributed by atoms with Crippen LogP contribution in [-0.4, -0.2) is 33.3 Å². The fourth-order valence-electron chi connectivity index (χ4n) is 2.04. The van der Waals surface area contributed by atoms with Gasteiger partial charge in [-0.25, -0.2) is 4.39 Å². The number of benzene rings is 2. The number of carbonyl (C=O) groups is 2. The number of hydrogen-bond donors (Lipinski definition) is 0. The molecule has 0 aliphatic rings. The smallest absolute Gasteiger partial charge is 0.176 e. The minimum absolute atomic E-state index is 0.0229. The fraction of sp³-hybridized carbons (Fsp3) is 0.111. The summed E-state index contributed by atoms with van der Waals surface area (Å²) in [6, 6.07) is 15.0. The van der Waals surface area contributed by atoms with Crippen molar-refractivity contribution in [2.45, 2.75) is 8.68 Å². The zero-order valence-corrected chi connectivity index (χ0v) is 15.9. The average molecular weight is 405 g/mol. The van der Waals surface area contributed by atoms with Crippen molar-refractivity contribution in [1.82, 2.24) is 10.2 Å². The molecule has 0 saturated heterocycles. The Morgan fingerprint density at radius 3 is 2.08 bits per heavy atom. The number of Topliss-reactive ketones (excluding diaryl/α,β-unsaturated/α-hetero) is 2. The van der Waals surface area contributed by atoms with Gasteiger partial charge < -0.3 is 0 Å². The monoisotopic (exact) mass is 404 g/mol. The van der Waals surface area contributed by atoms with Crippen LogP contribution in [0.3, 0.4) is 0 Å². The molecule has 3 aromatic rings. The lowest BCUT2D eigenvalue weighted by Gasteiger charge is -2.00. The zero-order chi connectivity index (χ0) is 18.4. The van der Waals surface area contributed by atoms with Crippen molar-refractivity contribution in [3.8, 4) is 0 Å². The highest BCUT2D eigenvalue weighted by Gasteiger charge is 2.14. The maximum Gasteiger partial charge on any atom is 0.176 e. The second kappa shape index (κ2) is 9.07. The molecule has 0 aliphatic carbocycles. The molecule has 0 bridgehead atoms. The van der Waals surface area contributed by atoms with Crippen molar-refractivity contribution >= 4 is 46.4 Å². The van der Waals surface area contributed by atoms with E-state index >= 15 is 0 Å². The first-order chi connectivity index (χ1) is 12.6. The molecule has 0 fully saturated rings. The SMILES string of the molecule is O=C(CSc1nnc(SCC(=O)c2ccccc2F)s1)c1ccccc1. The van der Waals surface area contributed by atoms with Crippen LogP contribution in [0.4, 0.5) is 4.39 Å². The van der Waals surface area contributed by atoms with Crippen LogP contribution >= 0.6 is 34.9 Å².